The number of carbonyl (C=O) groups is 1. The van der Waals surface area contributed by atoms with Gasteiger partial charge in [-0.3, -0.25) is 4.79 Å². The van der Waals surface area contributed by atoms with Gasteiger partial charge in [-0.1, -0.05) is 63.2 Å². The molecule has 2 aliphatic heterocycles. The highest BCUT2D eigenvalue weighted by Crippen LogP contribution is 2.57. The van der Waals surface area contributed by atoms with Crippen LogP contribution in [0.5, 0.6) is 0 Å². The number of para-hydroxylation sites is 2. The fourth-order valence-electron chi connectivity index (χ4n) is 5.82. The topological polar surface area (TPSA) is 43.5 Å². The smallest absolute Gasteiger partial charge is 0.309 e. The van der Waals surface area contributed by atoms with E-state index in [1.54, 1.807) is 0 Å². The van der Waals surface area contributed by atoms with Gasteiger partial charge in [-0.25, -0.2) is 0 Å². The maximum absolute atomic E-state index is 11.6. The van der Waals surface area contributed by atoms with Crippen molar-refractivity contribution in [3.05, 3.63) is 84.1 Å². The van der Waals surface area contributed by atoms with E-state index in [1.807, 2.05) is 12.1 Å². The molecule has 0 saturated carbocycles. The van der Waals surface area contributed by atoms with Crippen LogP contribution in [-0.4, -0.2) is 34.5 Å². The average Bonchev–Trinajstić information content (AvgIpc) is 3.17. The predicted molar refractivity (Wildman–Crippen MR) is 145 cm³/mol. The number of anilines is 1. The molecular weight excluding hydrogens is 432 g/mol. The van der Waals surface area contributed by atoms with E-state index in [2.05, 4.69) is 106 Å². The van der Waals surface area contributed by atoms with E-state index in [9.17, 15) is 9.90 Å². The maximum atomic E-state index is 11.6. The number of hydrogen-bond donors (Lipinski definition) is 1. The highest BCUT2D eigenvalue weighted by molar-refractivity contribution is 6.04. The van der Waals surface area contributed by atoms with E-state index in [0.29, 0.717) is 6.54 Å². The summed E-state index contributed by atoms with van der Waals surface area (Å²) in [5, 5.41) is 9.50. The van der Waals surface area contributed by atoms with Crippen LogP contribution < -0.4 is 4.90 Å². The minimum absolute atomic E-state index is 0.0417. The lowest BCUT2D eigenvalue weighted by molar-refractivity contribution is -0.436. The third kappa shape index (κ3) is 3.93. The molecule has 4 heteroatoms. The van der Waals surface area contributed by atoms with Crippen LogP contribution in [0, 0.1) is 5.41 Å². The lowest BCUT2D eigenvalue weighted by atomic mass is 9.63. The van der Waals surface area contributed by atoms with E-state index in [4.69, 9.17) is 0 Å². The molecule has 0 amide bonds. The standard InChI is InChI=1S/C31H38N2O2/c1-8-9-19-32-25-17-13-11-15-23(25)31(7,29(2,3)4)27(32)21-26-30(5,6)22-14-10-12-16-24(22)33(26)20-18-28(34)35/h8,10-17,21H,1,9,18-20H2,2-7H3/p+1. The summed E-state index contributed by atoms with van der Waals surface area (Å²) in [5.41, 5.74) is 6.85. The number of fused-ring (bicyclic) bond motifs is 2. The lowest BCUT2D eigenvalue weighted by Crippen LogP contribution is -2.41. The monoisotopic (exact) mass is 471 g/mol. The molecule has 2 heterocycles. The van der Waals surface area contributed by atoms with Crippen LogP contribution in [0.3, 0.4) is 0 Å². The fourth-order valence-corrected chi connectivity index (χ4v) is 5.82. The van der Waals surface area contributed by atoms with Crippen LogP contribution >= 0.6 is 0 Å². The Balaban J connectivity index is 2.00. The summed E-state index contributed by atoms with van der Waals surface area (Å²) in [6.07, 6.45) is 5.33. The Bertz CT molecular complexity index is 1230. The number of allylic oxidation sites excluding steroid dienone is 2. The Kier molecular flexibility index (Phi) is 6.29. The molecule has 1 unspecified atom stereocenters. The van der Waals surface area contributed by atoms with Gasteiger partial charge in [0.05, 0.1) is 5.41 Å². The first-order chi connectivity index (χ1) is 16.4. The molecule has 1 N–H and O–H groups in total. The first-order valence-corrected chi connectivity index (χ1v) is 12.6. The van der Waals surface area contributed by atoms with Crippen molar-refractivity contribution >= 4 is 23.1 Å². The summed E-state index contributed by atoms with van der Waals surface area (Å²) in [5.74, 6) is -0.778. The van der Waals surface area contributed by atoms with Crippen molar-refractivity contribution in [2.45, 2.75) is 65.2 Å². The molecule has 0 spiro atoms. The number of hydrogen-bond acceptors (Lipinski definition) is 2. The normalized spacial score (nSPS) is 21.9. The van der Waals surface area contributed by atoms with E-state index in [-0.39, 0.29) is 22.7 Å². The van der Waals surface area contributed by atoms with Gasteiger partial charge in [0, 0.05) is 41.1 Å². The molecule has 0 fully saturated rings. The molecule has 0 aliphatic carbocycles. The van der Waals surface area contributed by atoms with E-state index >= 15 is 0 Å². The van der Waals surface area contributed by atoms with Gasteiger partial charge >= 0.3 is 5.97 Å². The molecule has 0 saturated heterocycles. The Morgan fingerprint density at radius 1 is 1.06 bits per heavy atom. The van der Waals surface area contributed by atoms with Gasteiger partial charge in [-0.05, 0) is 44.2 Å². The molecule has 184 valence electrons. The van der Waals surface area contributed by atoms with E-state index in [1.165, 1.54) is 22.5 Å². The second kappa shape index (κ2) is 8.82. The molecule has 0 radical (unpaired) electrons. The summed E-state index contributed by atoms with van der Waals surface area (Å²) in [7, 11) is 0. The Labute approximate surface area is 210 Å². The Morgan fingerprint density at radius 3 is 2.31 bits per heavy atom. The highest BCUT2D eigenvalue weighted by atomic mass is 16.4. The number of aliphatic carboxylic acids is 1. The second-order valence-corrected chi connectivity index (χ2v) is 11.5. The average molecular weight is 472 g/mol. The number of benzene rings is 2. The van der Waals surface area contributed by atoms with Crippen molar-refractivity contribution in [2.75, 3.05) is 18.0 Å². The minimum atomic E-state index is -0.778. The molecule has 2 aromatic rings. The largest absolute Gasteiger partial charge is 0.481 e. The van der Waals surface area contributed by atoms with E-state index < -0.39 is 5.97 Å². The minimum Gasteiger partial charge on any atom is -0.481 e. The third-order valence-corrected chi connectivity index (χ3v) is 8.22. The first-order valence-electron chi connectivity index (χ1n) is 12.6. The van der Waals surface area contributed by atoms with Gasteiger partial charge in [-0.15, -0.1) is 6.58 Å². The van der Waals surface area contributed by atoms with E-state index in [0.717, 1.165) is 24.4 Å². The van der Waals surface area contributed by atoms with Gasteiger partial charge in [0.1, 0.15) is 6.42 Å². The van der Waals surface area contributed by atoms with Crippen LogP contribution in [-0.2, 0) is 15.6 Å². The summed E-state index contributed by atoms with van der Waals surface area (Å²) in [6, 6.07) is 17.2. The molecule has 0 bridgehead atoms. The number of carboxylic acid groups (broad SMARTS) is 1. The van der Waals surface area contributed by atoms with Crippen LogP contribution in [0.4, 0.5) is 11.4 Å². The molecule has 0 aromatic heterocycles. The SMILES string of the molecule is C=CCCN1/C(=C/C2=[N+](CCC(=O)O)c3ccccc3C2(C)C)C(C)(C(C)(C)C)c2ccccc21. The van der Waals surface area contributed by atoms with Crippen molar-refractivity contribution in [3.63, 3.8) is 0 Å². The first kappa shape index (κ1) is 25.0. The second-order valence-electron chi connectivity index (χ2n) is 11.5. The van der Waals surface area contributed by atoms with Crippen molar-refractivity contribution < 1.29 is 14.5 Å². The molecule has 2 aromatic carbocycles. The van der Waals surface area contributed by atoms with Crippen molar-refractivity contribution in [1.29, 1.82) is 0 Å². The zero-order chi connectivity index (χ0) is 25.6. The van der Waals surface area contributed by atoms with Gasteiger partial charge in [-0.2, -0.15) is 4.58 Å². The number of rotatable bonds is 7. The molecule has 4 nitrogen and oxygen atoms in total. The van der Waals surface area contributed by atoms with Gasteiger partial charge in [0.2, 0.25) is 5.69 Å². The predicted octanol–water partition coefficient (Wildman–Crippen LogP) is 6.82. The summed E-state index contributed by atoms with van der Waals surface area (Å²) >= 11 is 0. The fraction of sp³-hybridized carbons (Fsp3) is 0.419. The van der Waals surface area contributed by atoms with Crippen LogP contribution in [0.1, 0.15) is 65.5 Å². The summed E-state index contributed by atoms with van der Waals surface area (Å²) in [6.45, 7) is 19.1. The molecule has 2 aliphatic rings. The molecule has 35 heavy (non-hydrogen) atoms. The molecule has 4 rings (SSSR count). The van der Waals surface area contributed by atoms with Crippen LogP contribution in [0.2, 0.25) is 0 Å². The molecular formula is C31H39N2O2+. The number of nitrogens with zero attached hydrogens (tertiary/aromatic N) is 2. The van der Waals surface area contributed by atoms with Gasteiger partial charge in [0.15, 0.2) is 12.3 Å². The van der Waals surface area contributed by atoms with Crippen LogP contribution in [0.25, 0.3) is 0 Å². The van der Waals surface area contributed by atoms with Crippen LogP contribution in [0.15, 0.2) is 73.0 Å². The summed E-state index contributed by atoms with van der Waals surface area (Å²) < 4.78 is 2.23. The lowest BCUT2D eigenvalue weighted by Gasteiger charge is -2.41. The van der Waals surface area contributed by atoms with Gasteiger partial charge in [0.25, 0.3) is 0 Å². The zero-order valence-corrected chi connectivity index (χ0v) is 22.1. The summed E-state index contributed by atoms with van der Waals surface area (Å²) in [4.78, 5) is 14.0. The van der Waals surface area contributed by atoms with Crippen molar-refractivity contribution in [2.24, 2.45) is 5.41 Å². The molecule has 1 atom stereocenters. The van der Waals surface area contributed by atoms with Crippen molar-refractivity contribution in [3.8, 4) is 0 Å². The zero-order valence-electron chi connectivity index (χ0n) is 22.1. The van der Waals surface area contributed by atoms with Gasteiger partial charge < -0.3 is 10.0 Å². The number of carboxylic acids is 1. The third-order valence-electron chi connectivity index (χ3n) is 8.22. The Morgan fingerprint density at radius 2 is 1.69 bits per heavy atom. The maximum Gasteiger partial charge on any atom is 0.309 e. The van der Waals surface area contributed by atoms with Crippen molar-refractivity contribution in [1.82, 2.24) is 0 Å². The quantitative estimate of drug-likeness (QED) is 0.356. The Hall–Kier alpha value is -3.14. The highest BCUT2D eigenvalue weighted by Gasteiger charge is 2.53.